The Morgan fingerprint density at radius 1 is 1.17 bits per heavy atom. The molecule has 2 fully saturated rings. The fourth-order valence-corrected chi connectivity index (χ4v) is 3.56. The largest absolute Gasteiger partial charge is 0.325 e. The van der Waals surface area contributed by atoms with Crippen molar-refractivity contribution in [3.8, 4) is 0 Å². The van der Waals surface area contributed by atoms with Crippen molar-refractivity contribution in [3.63, 3.8) is 0 Å². The van der Waals surface area contributed by atoms with E-state index in [4.69, 9.17) is 0 Å². The highest BCUT2D eigenvalue weighted by Crippen LogP contribution is 2.22. The number of hydrogen-bond acceptors (Lipinski definition) is 3. The molecule has 3 amide bonds. The zero-order valence-electron chi connectivity index (χ0n) is 13.9. The fraction of sp³-hybridized carbons (Fsp3) is 0.556. The summed E-state index contributed by atoms with van der Waals surface area (Å²) in [6.45, 7) is 5.78. The van der Waals surface area contributed by atoms with Crippen LogP contribution in [0.5, 0.6) is 0 Å². The van der Waals surface area contributed by atoms with Crippen LogP contribution in [0.2, 0.25) is 0 Å². The minimum Gasteiger partial charge on any atom is -0.324 e. The lowest BCUT2D eigenvalue weighted by Crippen LogP contribution is -2.43. The number of imide groups is 1. The van der Waals surface area contributed by atoms with Gasteiger partial charge < -0.3 is 5.32 Å². The van der Waals surface area contributed by atoms with E-state index in [0.717, 1.165) is 19.5 Å². The number of nitrogens with zero attached hydrogens (tertiary/aromatic N) is 2. The molecule has 1 aromatic rings. The molecule has 0 spiro atoms. The fourth-order valence-electron chi connectivity index (χ4n) is 3.56. The first-order valence-corrected chi connectivity index (χ1v) is 8.39. The van der Waals surface area contributed by atoms with E-state index < -0.39 is 5.54 Å². The standard InChI is InChI=1S/C18H25N3O2/c1-18(2)16(22)21(17(23)19-18)12-11-20-10-6-9-15(20)13-14-7-4-3-5-8-14/h3-5,7-8,15H,6,9-13H2,1-2H3,(H,19,23). The van der Waals surface area contributed by atoms with Gasteiger partial charge in [0.15, 0.2) is 0 Å². The molecule has 1 unspecified atom stereocenters. The second-order valence-corrected chi connectivity index (χ2v) is 7.03. The maximum Gasteiger partial charge on any atom is 0.325 e. The van der Waals surface area contributed by atoms with E-state index in [1.807, 2.05) is 6.07 Å². The molecule has 5 heteroatoms. The van der Waals surface area contributed by atoms with Crippen molar-refractivity contribution in [1.82, 2.24) is 15.1 Å². The van der Waals surface area contributed by atoms with E-state index in [2.05, 4.69) is 34.5 Å². The Morgan fingerprint density at radius 3 is 2.57 bits per heavy atom. The Hall–Kier alpha value is -1.88. The van der Waals surface area contributed by atoms with Crippen molar-refractivity contribution in [2.45, 2.75) is 44.7 Å². The molecular formula is C18H25N3O2. The monoisotopic (exact) mass is 315 g/mol. The summed E-state index contributed by atoms with van der Waals surface area (Å²) in [4.78, 5) is 28.0. The molecule has 0 aliphatic carbocycles. The third-order valence-corrected chi connectivity index (χ3v) is 4.87. The van der Waals surface area contributed by atoms with Gasteiger partial charge in [-0.15, -0.1) is 0 Å². The van der Waals surface area contributed by atoms with E-state index in [0.29, 0.717) is 12.6 Å². The van der Waals surface area contributed by atoms with Crippen LogP contribution < -0.4 is 5.32 Å². The second kappa shape index (κ2) is 6.32. The van der Waals surface area contributed by atoms with Crippen LogP contribution in [0.4, 0.5) is 4.79 Å². The molecule has 5 nitrogen and oxygen atoms in total. The van der Waals surface area contributed by atoms with E-state index in [9.17, 15) is 9.59 Å². The number of likely N-dealkylation sites (tertiary alicyclic amines) is 1. The molecular weight excluding hydrogens is 290 g/mol. The Labute approximate surface area is 137 Å². The maximum atomic E-state index is 12.2. The molecule has 3 rings (SSSR count). The van der Waals surface area contributed by atoms with E-state index in [1.54, 1.807) is 13.8 Å². The van der Waals surface area contributed by atoms with E-state index >= 15 is 0 Å². The van der Waals surface area contributed by atoms with Crippen LogP contribution in [0, 0.1) is 0 Å². The van der Waals surface area contributed by atoms with Crippen LogP contribution >= 0.6 is 0 Å². The molecule has 2 aliphatic heterocycles. The van der Waals surface area contributed by atoms with Crippen LogP contribution in [0.1, 0.15) is 32.3 Å². The van der Waals surface area contributed by atoms with Crippen LogP contribution in [0.3, 0.4) is 0 Å². The summed E-state index contributed by atoms with van der Waals surface area (Å²) in [5.41, 5.74) is 0.575. The Balaban J connectivity index is 1.57. The van der Waals surface area contributed by atoms with Gasteiger partial charge in [-0.2, -0.15) is 0 Å². The first-order valence-electron chi connectivity index (χ1n) is 8.39. The number of hydrogen-bond donors (Lipinski definition) is 1. The number of carbonyl (C=O) groups excluding carboxylic acids is 2. The molecule has 2 aliphatic rings. The van der Waals surface area contributed by atoms with Crippen molar-refractivity contribution in [3.05, 3.63) is 35.9 Å². The number of carbonyl (C=O) groups is 2. The van der Waals surface area contributed by atoms with Crippen LogP contribution in [-0.2, 0) is 11.2 Å². The first-order chi connectivity index (χ1) is 11.0. The third kappa shape index (κ3) is 3.39. The van der Waals surface area contributed by atoms with Gasteiger partial charge in [0.2, 0.25) is 0 Å². The molecule has 0 saturated carbocycles. The Bertz CT molecular complexity index is 585. The first kappa shape index (κ1) is 16.0. The summed E-state index contributed by atoms with van der Waals surface area (Å²) in [5, 5.41) is 2.74. The molecule has 2 saturated heterocycles. The van der Waals surface area contributed by atoms with Gasteiger partial charge in [0.25, 0.3) is 5.91 Å². The number of nitrogens with one attached hydrogen (secondary N) is 1. The van der Waals surface area contributed by atoms with E-state index in [1.165, 1.54) is 23.3 Å². The van der Waals surface area contributed by atoms with Gasteiger partial charge in [-0.1, -0.05) is 30.3 Å². The van der Waals surface area contributed by atoms with Crippen LogP contribution in [0.25, 0.3) is 0 Å². The minimum atomic E-state index is -0.772. The van der Waals surface area contributed by atoms with Gasteiger partial charge in [-0.05, 0) is 45.2 Å². The van der Waals surface area contributed by atoms with Crippen LogP contribution in [-0.4, -0.2) is 53.0 Å². The molecule has 1 N–H and O–H groups in total. The topological polar surface area (TPSA) is 52.7 Å². The quantitative estimate of drug-likeness (QED) is 0.846. The normalized spacial score (nSPS) is 24.3. The zero-order chi connectivity index (χ0) is 16.4. The van der Waals surface area contributed by atoms with Crippen molar-refractivity contribution in [2.24, 2.45) is 0 Å². The molecule has 0 bridgehead atoms. The van der Waals surface area contributed by atoms with Gasteiger partial charge in [-0.25, -0.2) is 4.79 Å². The average Bonchev–Trinajstić information content (AvgIpc) is 3.02. The van der Waals surface area contributed by atoms with Crippen molar-refractivity contribution < 1.29 is 9.59 Å². The van der Waals surface area contributed by atoms with Crippen LogP contribution in [0.15, 0.2) is 30.3 Å². The molecule has 2 heterocycles. The number of amides is 3. The third-order valence-electron chi connectivity index (χ3n) is 4.87. The summed E-state index contributed by atoms with van der Waals surface area (Å²) >= 11 is 0. The Morgan fingerprint density at radius 2 is 1.91 bits per heavy atom. The lowest BCUT2D eigenvalue weighted by atomic mass is 10.0. The molecule has 0 aromatic heterocycles. The number of rotatable bonds is 5. The average molecular weight is 315 g/mol. The van der Waals surface area contributed by atoms with E-state index in [-0.39, 0.29) is 11.9 Å². The summed E-state index contributed by atoms with van der Waals surface area (Å²) in [6, 6.07) is 10.8. The highest BCUT2D eigenvalue weighted by atomic mass is 16.2. The lowest BCUT2D eigenvalue weighted by molar-refractivity contribution is -0.130. The SMILES string of the molecule is CC1(C)NC(=O)N(CCN2CCCC2Cc2ccccc2)C1=O. The molecule has 1 atom stereocenters. The predicted octanol–water partition coefficient (Wildman–Crippen LogP) is 2.02. The number of benzene rings is 1. The lowest BCUT2D eigenvalue weighted by Gasteiger charge is -2.26. The molecule has 124 valence electrons. The van der Waals surface area contributed by atoms with Gasteiger partial charge in [0, 0.05) is 19.1 Å². The van der Waals surface area contributed by atoms with Crippen molar-refractivity contribution >= 4 is 11.9 Å². The summed E-state index contributed by atoms with van der Waals surface area (Å²) in [7, 11) is 0. The highest BCUT2D eigenvalue weighted by molar-refractivity contribution is 6.06. The van der Waals surface area contributed by atoms with Gasteiger partial charge in [0.1, 0.15) is 5.54 Å². The van der Waals surface area contributed by atoms with Gasteiger partial charge >= 0.3 is 6.03 Å². The van der Waals surface area contributed by atoms with Crippen molar-refractivity contribution in [2.75, 3.05) is 19.6 Å². The second-order valence-electron chi connectivity index (χ2n) is 7.03. The van der Waals surface area contributed by atoms with Crippen molar-refractivity contribution in [1.29, 1.82) is 0 Å². The summed E-state index contributed by atoms with van der Waals surface area (Å²) < 4.78 is 0. The predicted molar refractivity (Wildman–Crippen MR) is 89.1 cm³/mol. The summed E-state index contributed by atoms with van der Waals surface area (Å²) in [5.74, 6) is -0.124. The van der Waals surface area contributed by atoms with Gasteiger partial charge in [0.05, 0.1) is 0 Å². The summed E-state index contributed by atoms with van der Waals surface area (Å²) in [6.07, 6.45) is 3.40. The smallest absolute Gasteiger partial charge is 0.324 e. The van der Waals surface area contributed by atoms with Gasteiger partial charge in [-0.3, -0.25) is 14.6 Å². The molecule has 23 heavy (non-hydrogen) atoms. The highest BCUT2D eigenvalue weighted by Gasteiger charge is 2.44. The minimum absolute atomic E-state index is 0.124. The Kier molecular flexibility index (Phi) is 4.39. The maximum absolute atomic E-state index is 12.2. The molecule has 0 radical (unpaired) electrons. The molecule has 1 aromatic carbocycles. The number of urea groups is 1. The zero-order valence-corrected chi connectivity index (χ0v) is 13.9.